The summed E-state index contributed by atoms with van der Waals surface area (Å²) in [6.07, 6.45) is 4.21. The van der Waals surface area contributed by atoms with E-state index in [-0.39, 0.29) is 5.91 Å². The average molecular weight is 424 g/mol. The van der Waals surface area contributed by atoms with Crippen LogP contribution in [0.3, 0.4) is 0 Å². The maximum atomic E-state index is 12.8. The molecule has 30 heavy (non-hydrogen) atoms. The molecule has 0 bridgehead atoms. The second-order valence-corrected chi connectivity index (χ2v) is 9.13. The number of piperidine rings is 1. The van der Waals surface area contributed by atoms with Crippen molar-refractivity contribution in [3.05, 3.63) is 42.7 Å². The fourth-order valence-corrected chi connectivity index (χ4v) is 5.02. The number of anilines is 1. The number of hydrogen-bond donors (Lipinski definition) is 0. The summed E-state index contributed by atoms with van der Waals surface area (Å²) in [7, 11) is 6.10. The van der Waals surface area contributed by atoms with Crippen LogP contribution in [0.1, 0.15) is 19.3 Å². The summed E-state index contributed by atoms with van der Waals surface area (Å²) in [5.74, 6) is 1.09. The number of rotatable bonds is 6. The molecule has 1 fully saturated rings. The van der Waals surface area contributed by atoms with Crippen LogP contribution in [0.4, 0.5) is 5.82 Å². The summed E-state index contributed by atoms with van der Waals surface area (Å²) in [6, 6.07) is 12.9. The molecule has 2 aromatic heterocycles. The highest BCUT2D eigenvalue weighted by Gasteiger charge is 2.24. The third-order valence-corrected chi connectivity index (χ3v) is 7.11. The quantitative estimate of drug-likeness (QED) is 0.605. The first-order valence-corrected chi connectivity index (χ1v) is 11.3. The van der Waals surface area contributed by atoms with Crippen LogP contribution in [0.2, 0.25) is 0 Å². The molecule has 1 aliphatic rings. The van der Waals surface area contributed by atoms with Gasteiger partial charge in [-0.05, 0) is 44.6 Å². The van der Waals surface area contributed by atoms with Crippen molar-refractivity contribution in [1.82, 2.24) is 19.8 Å². The van der Waals surface area contributed by atoms with E-state index >= 15 is 0 Å². The monoisotopic (exact) mass is 423 g/mol. The van der Waals surface area contributed by atoms with Gasteiger partial charge in [0.1, 0.15) is 17.0 Å². The Hall–Kier alpha value is -2.51. The van der Waals surface area contributed by atoms with Gasteiger partial charge in [0.05, 0.1) is 5.39 Å². The lowest BCUT2D eigenvalue weighted by atomic mass is 10.0. The highest BCUT2D eigenvalue weighted by Crippen LogP contribution is 2.35. The number of aromatic nitrogens is 2. The van der Waals surface area contributed by atoms with Crippen molar-refractivity contribution in [2.24, 2.45) is 0 Å². The number of hydrogen-bond acceptors (Lipinski definition) is 6. The van der Waals surface area contributed by atoms with Gasteiger partial charge in [0, 0.05) is 38.0 Å². The second kappa shape index (κ2) is 9.10. The zero-order valence-corrected chi connectivity index (χ0v) is 18.7. The predicted octanol–water partition coefficient (Wildman–Crippen LogP) is 3.74. The predicted molar refractivity (Wildman–Crippen MR) is 124 cm³/mol. The van der Waals surface area contributed by atoms with Gasteiger partial charge >= 0.3 is 0 Å². The Balaban J connectivity index is 1.43. The van der Waals surface area contributed by atoms with Gasteiger partial charge in [0.25, 0.3) is 0 Å². The molecule has 1 aromatic carbocycles. The molecule has 158 valence electrons. The standard InChI is InChI=1S/C23H29N5OS/c1-26-12-9-18(10-13-26)28(3)21(29)11-14-27(2)22-19-15-20(17-7-5-4-6-8-17)30-23(19)25-16-24-22/h4-8,15-16,18H,9-14H2,1-3H3. The van der Waals surface area contributed by atoms with Crippen LogP contribution in [-0.4, -0.2) is 72.5 Å². The van der Waals surface area contributed by atoms with E-state index in [1.54, 1.807) is 17.7 Å². The Bertz CT molecular complexity index is 997. The van der Waals surface area contributed by atoms with Crippen LogP contribution >= 0.6 is 11.3 Å². The SMILES string of the molecule is CN1CCC(N(C)C(=O)CCN(C)c2ncnc3sc(-c4ccccc4)cc23)CC1. The summed E-state index contributed by atoms with van der Waals surface area (Å²) >= 11 is 1.67. The van der Waals surface area contributed by atoms with Crippen molar-refractivity contribution >= 4 is 33.3 Å². The van der Waals surface area contributed by atoms with Crippen LogP contribution in [0.15, 0.2) is 42.7 Å². The number of carbonyl (C=O) groups excluding carboxylic acids is 1. The topological polar surface area (TPSA) is 52.6 Å². The number of amides is 1. The molecule has 1 saturated heterocycles. The molecule has 0 N–H and O–H groups in total. The molecule has 4 rings (SSSR count). The normalized spacial score (nSPS) is 15.4. The summed E-state index contributed by atoms with van der Waals surface area (Å²) in [5.41, 5.74) is 1.18. The number of fused-ring (bicyclic) bond motifs is 1. The molecule has 0 aliphatic carbocycles. The fraction of sp³-hybridized carbons (Fsp3) is 0.435. The molecule has 0 radical (unpaired) electrons. The Kier molecular flexibility index (Phi) is 6.29. The molecule has 3 heterocycles. The molecule has 6 nitrogen and oxygen atoms in total. The molecular formula is C23H29N5OS. The first-order valence-electron chi connectivity index (χ1n) is 10.5. The van der Waals surface area contributed by atoms with Gasteiger partial charge in [-0.2, -0.15) is 0 Å². The Morgan fingerprint density at radius 1 is 1.17 bits per heavy atom. The van der Waals surface area contributed by atoms with E-state index in [0.717, 1.165) is 42.0 Å². The minimum absolute atomic E-state index is 0.206. The molecule has 0 spiro atoms. The maximum absolute atomic E-state index is 12.8. The van der Waals surface area contributed by atoms with E-state index in [4.69, 9.17) is 0 Å². The van der Waals surface area contributed by atoms with Crippen LogP contribution in [-0.2, 0) is 4.79 Å². The molecule has 7 heteroatoms. The van der Waals surface area contributed by atoms with E-state index in [9.17, 15) is 4.79 Å². The van der Waals surface area contributed by atoms with Crippen molar-refractivity contribution in [2.75, 3.05) is 45.7 Å². The maximum Gasteiger partial charge on any atom is 0.224 e. The summed E-state index contributed by atoms with van der Waals surface area (Å²) in [6.45, 7) is 2.75. The second-order valence-electron chi connectivity index (χ2n) is 8.10. The van der Waals surface area contributed by atoms with Crippen molar-refractivity contribution in [3.8, 4) is 10.4 Å². The van der Waals surface area contributed by atoms with E-state index in [1.165, 1.54) is 10.4 Å². The van der Waals surface area contributed by atoms with Gasteiger partial charge in [-0.15, -0.1) is 11.3 Å². The van der Waals surface area contributed by atoms with Gasteiger partial charge in [0.15, 0.2) is 0 Å². The Labute approximate surface area is 182 Å². The van der Waals surface area contributed by atoms with Gasteiger partial charge in [0.2, 0.25) is 5.91 Å². The van der Waals surface area contributed by atoms with Gasteiger partial charge in [-0.1, -0.05) is 30.3 Å². The van der Waals surface area contributed by atoms with Crippen molar-refractivity contribution in [1.29, 1.82) is 0 Å². The zero-order valence-electron chi connectivity index (χ0n) is 17.9. The number of thiophene rings is 1. The van der Waals surface area contributed by atoms with E-state index in [1.807, 2.05) is 37.2 Å². The van der Waals surface area contributed by atoms with E-state index in [2.05, 4.69) is 45.0 Å². The molecule has 0 atom stereocenters. The van der Waals surface area contributed by atoms with Crippen LogP contribution < -0.4 is 4.90 Å². The summed E-state index contributed by atoms with van der Waals surface area (Å²) in [5, 5.41) is 1.04. The lowest BCUT2D eigenvalue weighted by Gasteiger charge is -2.35. The average Bonchev–Trinajstić information content (AvgIpc) is 3.22. The fourth-order valence-electron chi connectivity index (χ4n) is 4.02. The minimum atomic E-state index is 0.206. The minimum Gasteiger partial charge on any atom is -0.359 e. The van der Waals surface area contributed by atoms with Crippen molar-refractivity contribution in [2.45, 2.75) is 25.3 Å². The zero-order chi connectivity index (χ0) is 21.1. The molecule has 1 aliphatic heterocycles. The van der Waals surface area contributed by atoms with E-state index < -0.39 is 0 Å². The lowest BCUT2D eigenvalue weighted by Crippen LogP contribution is -2.45. The van der Waals surface area contributed by atoms with Gasteiger partial charge in [-0.3, -0.25) is 4.79 Å². The highest BCUT2D eigenvalue weighted by atomic mass is 32.1. The van der Waals surface area contributed by atoms with Crippen molar-refractivity contribution in [3.63, 3.8) is 0 Å². The molecular weight excluding hydrogens is 394 g/mol. The molecule has 3 aromatic rings. The Morgan fingerprint density at radius 3 is 2.63 bits per heavy atom. The Morgan fingerprint density at radius 2 is 1.90 bits per heavy atom. The largest absolute Gasteiger partial charge is 0.359 e. The van der Waals surface area contributed by atoms with Gasteiger partial charge in [-0.25, -0.2) is 9.97 Å². The third-order valence-electron chi connectivity index (χ3n) is 6.02. The number of nitrogens with zero attached hydrogens (tertiary/aromatic N) is 5. The summed E-state index contributed by atoms with van der Waals surface area (Å²) in [4.78, 5) is 30.3. The number of likely N-dealkylation sites (tertiary alicyclic amines) is 1. The molecule has 1 amide bonds. The van der Waals surface area contributed by atoms with Crippen LogP contribution in [0.25, 0.3) is 20.7 Å². The third kappa shape index (κ3) is 4.47. The van der Waals surface area contributed by atoms with Crippen LogP contribution in [0, 0.1) is 0 Å². The number of carbonyl (C=O) groups is 1. The van der Waals surface area contributed by atoms with Crippen molar-refractivity contribution < 1.29 is 4.79 Å². The summed E-state index contributed by atoms with van der Waals surface area (Å²) < 4.78 is 0. The first-order chi connectivity index (χ1) is 14.5. The molecule has 0 unspecified atom stereocenters. The van der Waals surface area contributed by atoms with Crippen LogP contribution in [0.5, 0.6) is 0 Å². The lowest BCUT2D eigenvalue weighted by molar-refractivity contribution is -0.132. The highest BCUT2D eigenvalue weighted by molar-refractivity contribution is 7.21. The molecule has 0 saturated carbocycles. The van der Waals surface area contributed by atoms with Gasteiger partial charge < -0.3 is 14.7 Å². The number of benzene rings is 1. The van der Waals surface area contributed by atoms with E-state index in [0.29, 0.717) is 19.0 Å². The smallest absolute Gasteiger partial charge is 0.224 e. The first kappa shape index (κ1) is 20.8.